The molecule has 0 spiro atoms. The zero-order valence-corrected chi connectivity index (χ0v) is 16.1. The van der Waals surface area contributed by atoms with E-state index < -0.39 is 10.0 Å². The van der Waals surface area contributed by atoms with Gasteiger partial charge in [0.1, 0.15) is 0 Å². The number of nitrogens with zero attached hydrogens (tertiary/aromatic N) is 1. The van der Waals surface area contributed by atoms with Crippen molar-refractivity contribution in [1.82, 2.24) is 10.2 Å². The molecule has 1 fully saturated rings. The summed E-state index contributed by atoms with van der Waals surface area (Å²) in [5, 5.41) is 3.20. The average Bonchev–Trinajstić information content (AvgIpc) is 2.64. The number of carbonyl (C=O) groups is 1. The number of anilines is 1. The smallest absolute Gasteiger partial charge is 0.261 e. The highest BCUT2D eigenvalue weighted by Crippen LogP contribution is 2.18. The van der Waals surface area contributed by atoms with E-state index >= 15 is 0 Å². The van der Waals surface area contributed by atoms with E-state index in [4.69, 9.17) is 0 Å². The van der Waals surface area contributed by atoms with Crippen LogP contribution in [-0.4, -0.2) is 45.4 Å². The van der Waals surface area contributed by atoms with Crippen molar-refractivity contribution < 1.29 is 13.2 Å². The Kier molecular flexibility index (Phi) is 6.63. The van der Waals surface area contributed by atoms with Crippen LogP contribution in [0.4, 0.5) is 5.69 Å². The number of benzene rings is 2. The van der Waals surface area contributed by atoms with Gasteiger partial charge in [-0.25, -0.2) is 8.42 Å². The van der Waals surface area contributed by atoms with Crippen LogP contribution >= 0.6 is 12.4 Å². The average molecular weight is 396 g/mol. The minimum atomic E-state index is -3.68. The second-order valence-electron chi connectivity index (χ2n) is 6.04. The maximum absolute atomic E-state index is 12.5. The molecule has 26 heavy (non-hydrogen) atoms. The lowest BCUT2D eigenvalue weighted by molar-refractivity contribution is 0.0735. The van der Waals surface area contributed by atoms with E-state index in [1.807, 2.05) is 19.1 Å². The molecule has 8 heteroatoms. The van der Waals surface area contributed by atoms with Gasteiger partial charge in [-0.1, -0.05) is 17.7 Å². The number of sulfonamides is 1. The standard InChI is InChI=1S/C18H21N3O3S.ClH/c1-14-2-6-16(7-3-14)20-25(23,24)17-8-4-15(5-9-17)18(22)21-12-10-19-11-13-21;/h2-9,19-20H,10-13H2,1H3;1H. The number of nitrogens with one attached hydrogen (secondary N) is 2. The molecule has 1 saturated heterocycles. The Morgan fingerprint density at radius 3 is 2.15 bits per heavy atom. The quantitative estimate of drug-likeness (QED) is 0.832. The highest BCUT2D eigenvalue weighted by atomic mass is 35.5. The van der Waals surface area contributed by atoms with E-state index in [2.05, 4.69) is 10.0 Å². The van der Waals surface area contributed by atoms with E-state index in [0.29, 0.717) is 24.3 Å². The van der Waals surface area contributed by atoms with Crippen molar-refractivity contribution in [2.45, 2.75) is 11.8 Å². The Morgan fingerprint density at radius 2 is 1.58 bits per heavy atom. The van der Waals surface area contributed by atoms with Gasteiger partial charge in [0.15, 0.2) is 0 Å². The highest BCUT2D eigenvalue weighted by molar-refractivity contribution is 7.92. The SMILES string of the molecule is Cc1ccc(NS(=O)(=O)c2ccc(C(=O)N3CCNCC3)cc2)cc1.Cl. The molecular formula is C18H22ClN3O3S. The van der Waals surface area contributed by atoms with Crippen LogP contribution in [0.15, 0.2) is 53.4 Å². The molecule has 2 aromatic rings. The number of halogens is 1. The lowest BCUT2D eigenvalue weighted by Gasteiger charge is -2.27. The first-order chi connectivity index (χ1) is 12.0. The number of amides is 1. The number of hydrogen-bond acceptors (Lipinski definition) is 4. The van der Waals surface area contributed by atoms with E-state index in [-0.39, 0.29) is 23.2 Å². The molecule has 6 nitrogen and oxygen atoms in total. The number of piperazine rings is 1. The summed E-state index contributed by atoms with van der Waals surface area (Å²) in [5.41, 5.74) is 2.06. The molecule has 140 valence electrons. The largest absolute Gasteiger partial charge is 0.336 e. The van der Waals surface area contributed by atoms with Gasteiger partial charge in [0, 0.05) is 37.4 Å². The fourth-order valence-corrected chi connectivity index (χ4v) is 3.72. The minimum Gasteiger partial charge on any atom is -0.336 e. The third-order valence-electron chi connectivity index (χ3n) is 4.12. The van der Waals surface area contributed by atoms with Gasteiger partial charge in [-0.05, 0) is 43.3 Å². The van der Waals surface area contributed by atoms with Crippen molar-refractivity contribution in [3.8, 4) is 0 Å². The molecule has 0 aliphatic carbocycles. The van der Waals surface area contributed by atoms with Gasteiger partial charge in [0.2, 0.25) is 0 Å². The first kappa shape index (κ1) is 20.2. The summed E-state index contributed by atoms with van der Waals surface area (Å²) in [5.74, 6) is -0.0723. The van der Waals surface area contributed by atoms with E-state index in [1.54, 1.807) is 29.2 Å². The molecule has 1 amide bonds. The van der Waals surface area contributed by atoms with Crippen LogP contribution in [0.25, 0.3) is 0 Å². The van der Waals surface area contributed by atoms with Crippen LogP contribution < -0.4 is 10.0 Å². The van der Waals surface area contributed by atoms with E-state index in [1.165, 1.54) is 12.1 Å². The normalized spacial score (nSPS) is 14.4. The van der Waals surface area contributed by atoms with Crippen molar-refractivity contribution in [2.75, 3.05) is 30.9 Å². The van der Waals surface area contributed by atoms with Crippen molar-refractivity contribution in [1.29, 1.82) is 0 Å². The molecule has 1 heterocycles. The lowest BCUT2D eigenvalue weighted by Crippen LogP contribution is -2.46. The minimum absolute atomic E-state index is 0. The van der Waals surface area contributed by atoms with Crippen LogP contribution in [0.3, 0.4) is 0 Å². The van der Waals surface area contributed by atoms with Gasteiger partial charge in [-0.15, -0.1) is 12.4 Å². The molecule has 0 aromatic heterocycles. The number of aryl methyl sites for hydroxylation is 1. The summed E-state index contributed by atoms with van der Waals surface area (Å²) < 4.78 is 27.5. The summed E-state index contributed by atoms with van der Waals surface area (Å²) >= 11 is 0. The second kappa shape index (κ2) is 8.53. The van der Waals surface area contributed by atoms with Gasteiger partial charge in [0.25, 0.3) is 15.9 Å². The summed E-state index contributed by atoms with van der Waals surface area (Å²) in [4.78, 5) is 14.3. The van der Waals surface area contributed by atoms with Crippen LogP contribution in [0.1, 0.15) is 15.9 Å². The summed E-state index contributed by atoms with van der Waals surface area (Å²) in [6.45, 7) is 4.81. The van der Waals surface area contributed by atoms with Crippen molar-refractivity contribution in [3.05, 3.63) is 59.7 Å². The Labute approximate surface area is 160 Å². The first-order valence-electron chi connectivity index (χ1n) is 8.15. The van der Waals surface area contributed by atoms with Crippen LogP contribution in [-0.2, 0) is 10.0 Å². The number of carbonyl (C=O) groups excluding carboxylic acids is 1. The summed E-state index contributed by atoms with van der Waals surface area (Å²) in [7, 11) is -3.68. The zero-order chi connectivity index (χ0) is 17.9. The van der Waals surface area contributed by atoms with Crippen molar-refractivity contribution in [3.63, 3.8) is 0 Å². The molecular weight excluding hydrogens is 374 g/mol. The molecule has 0 bridgehead atoms. The first-order valence-corrected chi connectivity index (χ1v) is 9.63. The number of rotatable bonds is 4. The second-order valence-corrected chi connectivity index (χ2v) is 7.72. The molecule has 2 N–H and O–H groups in total. The van der Waals surface area contributed by atoms with Crippen LogP contribution in [0.5, 0.6) is 0 Å². The molecule has 2 aromatic carbocycles. The predicted molar refractivity (Wildman–Crippen MR) is 104 cm³/mol. The monoisotopic (exact) mass is 395 g/mol. The fraction of sp³-hybridized carbons (Fsp3) is 0.278. The third-order valence-corrected chi connectivity index (χ3v) is 5.52. The van der Waals surface area contributed by atoms with Crippen molar-refractivity contribution in [2.24, 2.45) is 0 Å². The summed E-state index contributed by atoms with van der Waals surface area (Å²) in [6.07, 6.45) is 0. The molecule has 1 aliphatic rings. The van der Waals surface area contributed by atoms with Crippen molar-refractivity contribution >= 4 is 34.0 Å². The van der Waals surface area contributed by atoms with Gasteiger partial charge < -0.3 is 10.2 Å². The third kappa shape index (κ3) is 4.75. The molecule has 0 radical (unpaired) electrons. The van der Waals surface area contributed by atoms with Gasteiger partial charge in [-0.2, -0.15) is 0 Å². The zero-order valence-electron chi connectivity index (χ0n) is 14.4. The number of hydrogen-bond donors (Lipinski definition) is 2. The Balaban J connectivity index is 0.00000243. The van der Waals surface area contributed by atoms with Gasteiger partial charge >= 0.3 is 0 Å². The fourth-order valence-electron chi connectivity index (χ4n) is 2.66. The highest BCUT2D eigenvalue weighted by Gasteiger charge is 2.19. The van der Waals surface area contributed by atoms with Crippen LogP contribution in [0.2, 0.25) is 0 Å². The Bertz CT molecular complexity index is 846. The van der Waals surface area contributed by atoms with E-state index in [9.17, 15) is 13.2 Å². The maximum atomic E-state index is 12.5. The Morgan fingerprint density at radius 1 is 1.00 bits per heavy atom. The lowest BCUT2D eigenvalue weighted by atomic mass is 10.2. The Hall–Kier alpha value is -2.09. The molecule has 0 saturated carbocycles. The predicted octanol–water partition coefficient (Wildman–Crippen LogP) is 2.26. The molecule has 3 rings (SSSR count). The van der Waals surface area contributed by atoms with Crippen LogP contribution in [0, 0.1) is 6.92 Å². The summed E-state index contributed by atoms with van der Waals surface area (Å²) in [6, 6.07) is 13.2. The van der Waals surface area contributed by atoms with Gasteiger partial charge in [-0.3, -0.25) is 9.52 Å². The topological polar surface area (TPSA) is 78.5 Å². The molecule has 1 aliphatic heterocycles. The molecule has 0 unspecified atom stereocenters. The van der Waals surface area contributed by atoms with E-state index in [0.717, 1.165) is 18.7 Å². The maximum Gasteiger partial charge on any atom is 0.261 e. The molecule has 0 atom stereocenters. The van der Waals surface area contributed by atoms with Gasteiger partial charge in [0.05, 0.1) is 4.90 Å².